The number of carbonyl (C=O) groups excluding carboxylic acids is 3. The molecule has 1 aromatic carbocycles. The zero-order valence-corrected chi connectivity index (χ0v) is 19.8. The molecule has 4 rings (SSSR count). The van der Waals surface area contributed by atoms with Gasteiger partial charge in [0, 0.05) is 23.7 Å². The normalized spacial score (nSPS) is 23.3. The van der Waals surface area contributed by atoms with Gasteiger partial charge in [0.15, 0.2) is 0 Å². The molecule has 16 heteroatoms. The van der Waals surface area contributed by atoms with Gasteiger partial charge in [-0.25, -0.2) is 4.68 Å². The van der Waals surface area contributed by atoms with Gasteiger partial charge in [0.25, 0.3) is 0 Å². The lowest BCUT2D eigenvalue weighted by atomic mass is 9.89. The van der Waals surface area contributed by atoms with Crippen LogP contribution >= 0.6 is 23.5 Å². The highest BCUT2D eigenvalue weighted by Gasteiger charge is 2.59. The van der Waals surface area contributed by atoms with Gasteiger partial charge >= 0.3 is 5.97 Å². The molecule has 2 unspecified atom stereocenters. The van der Waals surface area contributed by atoms with Crippen molar-refractivity contribution in [2.75, 3.05) is 29.5 Å². The molecule has 0 saturated carbocycles. The van der Waals surface area contributed by atoms with Gasteiger partial charge in [0.2, 0.25) is 22.9 Å². The fourth-order valence-corrected chi connectivity index (χ4v) is 6.69. The molecule has 2 fully saturated rings. The number of anilines is 1. The Hall–Kier alpha value is -3.37. The van der Waals surface area contributed by atoms with Crippen LogP contribution in [-0.2, 0) is 25.7 Å². The molecule has 186 valence electrons. The minimum absolute atomic E-state index is 0.00750. The molecule has 6 N–H and O–H groups in total. The van der Waals surface area contributed by atoms with Gasteiger partial charge in [-0.3, -0.25) is 24.1 Å². The van der Waals surface area contributed by atoms with Gasteiger partial charge in [-0.15, -0.1) is 16.9 Å². The van der Waals surface area contributed by atoms with Gasteiger partial charge in [-0.2, -0.15) is 0 Å². The lowest BCUT2D eigenvalue weighted by molar-refractivity contribution is -0.156. The van der Waals surface area contributed by atoms with Crippen molar-refractivity contribution in [1.82, 2.24) is 25.1 Å². The van der Waals surface area contributed by atoms with Crippen molar-refractivity contribution in [1.29, 1.82) is 0 Å². The first kappa shape index (κ1) is 24.7. The first-order valence-electron chi connectivity index (χ1n) is 10.3. The Balaban J connectivity index is 1.51. The smallest absolute Gasteiger partial charge is 0.313 e. The maximum absolute atomic E-state index is 13.2. The van der Waals surface area contributed by atoms with E-state index in [-0.39, 0.29) is 42.0 Å². The molecule has 3 amide bonds. The number of phenols is 1. The van der Waals surface area contributed by atoms with Crippen LogP contribution in [0.15, 0.2) is 29.4 Å². The number of phenolic OH excluding ortho intramolecular Hbond substituents is 1. The first-order chi connectivity index (χ1) is 16.7. The van der Waals surface area contributed by atoms with E-state index in [9.17, 15) is 29.4 Å². The van der Waals surface area contributed by atoms with E-state index in [0.29, 0.717) is 5.69 Å². The number of nitrogens with zero attached hydrogens (tertiary/aromatic N) is 6. The molecule has 0 bridgehead atoms. The van der Waals surface area contributed by atoms with Crippen LogP contribution in [0.4, 0.5) is 5.69 Å². The molecule has 0 spiro atoms. The standard InChI is InChI=1S/C19H22N8O6S2/c20-5-13(30)27(10-1-3-11(28)4-2-10)14-15(31)25-7-19(17(32)33,8-34-16(14)25)9-35-18-22-23-24-26(18)6-12(21)29/h1-4,14,16,28H,5-9,20H2,(H2,21,29)(H,32,33)/t14?,16-,19?/m1/s1. The predicted molar refractivity (Wildman–Crippen MR) is 124 cm³/mol. The molecule has 14 nitrogen and oxygen atoms in total. The summed E-state index contributed by atoms with van der Waals surface area (Å²) in [4.78, 5) is 52.0. The quantitative estimate of drug-likeness (QED) is 0.214. The Labute approximate surface area is 207 Å². The average Bonchev–Trinajstić information content (AvgIpc) is 3.27. The van der Waals surface area contributed by atoms with E-state index in [1.54, 1.807) is 0 Å². The Morgan fingerprint density at radius 1 is 1.29 bits per heavy atom. The number of hydrogen-bond donors (Lipinski definition) is 4. The fourth-order valence-electron chi connectivity index (χ4n) is 3.91. The van der Waals surface area contributed by atoms with Crippen LogP contribution in [0.25, 0.3) is 0 Å². The minimum atomic E-state index is -1.31. The number of carboxylic acids is 1. The van der Waals surface area contributed by atoms with Crippen LogP contribution in [0.3, 0.4) is 0 Å². The zero-order valence-electron chi connectivity index (χ0n) is 18.2. The number of rotatable bonds is 9. The van der Waals surface area contributed by atoms with Crippen LogP contribution in [0.1, 0.15) is 0 Å². The number of primary amides is 1. The molecule has 2 aromatic rings. The SMILES string of the molecule is NCC(=O)N(c1ccc(O)cc1)C1C(=O)N2CC(CSc3nnnn3CC(N)=O)(C(=O)O)CS[C@H]12. The number of thioether (sulfide) groups is 2. The molecule has 0 aliphatic carbocycles. The molecule has 2 aliphatic rings. The zero-order chi connectivity index (χ0) is 25.3. The van der Waals surface area contributed by atoms with E-state index in [1.807, 2.05) is 0 Å². The molecule has 2 aliphatic heterocycles. The number of aliphatic carboxylic acids is 1. The number of hydrogen-bond acceptors (Lipinski definition) is 11. The highest BCUT2D eigenvalue weighted by atomic mass is 32.2. The van der Waals surface area contributed by atoms with Crippen molar-refractivity contribution < 1.29 is 29.4 Å². The average molecular weight is 523 g/mol. The van der Waals surface area contributed by atoms with E-state index in [4.69, 9.17) is 11.5 Å². The Bertz CT molecular complexity index is 1160. The number of fused-ring (bicyclic) bond motifs is 1. The fraction of sp³-hybridized carbons (Fsp3) is 0.421. The molecule has 3 atom stereocenters. The van der Waals surface area contributed by atoms with Gasteiger partial charge in [-0.05, 0) is 34.7 Å². The number of benzene rings is 1. The van der Waals surface area contributed by atoms with E-state index < -0.39 is 40.5 Å². The van der Waals surface area contributed by atoms with Gasteiger partial charge in [0.1, 0.15) is 29.1 Å². The predicted octanol–water partition coefficient (Wildman–Crippen LogP) is -1.70. The maximum atomic E-state index is 13.2. The summed E-state index contributed by atoms with van der Waals surface area (Å²) in [5.41, 5.74) is 9.87. The van der Waals surface area contributed by atoms with Gasteiger partial charge < -0.3 is 26.6 Å². The molecule has 35 heavy (non-hydrogen) atoms. The van der Waals surface area contributed by atoms with Crippen molar-refractivity contribution in [3.05, 3.63) is 24.3 Å². The molecule has 1 aromatic heterocycles. The van der Waals surface area contributed by atoms with Gasteiger partial charge in [0.05, 0.1) is 6.54 Å². The van der Waals surface area contributed by atoms with Gasteiger partial charge in [-0.1, -0.05) is 11.8 Å². The van der Waals surface area contributed by atoms with E-state index >= 15 is 0 Å². The number of amides is 3. The highest BCUT2D eigenvalue weighted by molar-refractivity contribution is 8.00. The van der Waals surface area contributed by atoms with E-state index in [1.165, 1.54) is 50.5 Å². The Morgan fingerprint density at radius 2 is 2.00 bits per heavy atom. The van der Waals surface area contributed by atoms with Crippen molar-refractivity contribution in [2.24, 2.45) is 16.9 Å². The number of aromatic hydroxyl groups is 1. The number of tetrazole rings is 1. The molecular formula is C19H22N8O6S2. The monoisotopic (exact) mass is 522 g/mol. The number of β-lactam (4-membered cyclic amide) rings is 1. The summed E-state index contributed by atoms with van der Waals surface area (Å²) in [5.74, 6) is -2.39. The van der Waals surface area contributed by atoms with Crippen LogP contribution < -0.4 is 16.4 Å². The largest absolute Gasteiger partial charge is 0.508 e. The lowest BCUT2D eigenvalue weighted by Gasteiger charge is -2.56. The summed E-state index contributed by atoms with van der Waals surface area (Å²) in [5, 5.41) is 30.4. The second kappa shape index (κ2) is 9.71. The number of nitrogens with two attached hydrogens (primary N) is 2. The van der Waals surface area contributed by atoms with Crippen LogP contribution in [0.2, 0.25) is 0 Å². The summed E-state index contributed by atoms with van der Waals surface area (Å²) in [6.07, 6.45) is 0. The number of aromatic nitrogens is 4. The van der Waals surface area contributed by atoms with E-state index in [0.717, 1.165) is 11.8 Å². The van der Waals surface area contributed by atoms with E-state index in [2.05, 4.69) is 15.5 Å². The second-order valence-corrected chi connectivity index (χ2v) is 10.1. The maximum Gasteiger partial charge on any atom is 0.313 e. The third-order valence-corrected chi connectivity index (χ3v) is 8.52. The molecule has 0 radical (unpaired) electrons. The van der Waals surface area contributed by atoms with Crippen LogP contribution in [-0.4, -0.2) is 95.0 Å². The number of carboxylic acid groups (broad SMARTS) is 1. The third kappa shape index (κ3) is 4.63. The Kier molecular flexibility index (Phi) is 6.86. The third-order valence-electron chi connectivity index (χ3n) is 5.70. The summed E-state index contributed by atoms with van der Waals surface area (Å²) in [6, 6.07) is 4.99. The Morgan fingerprint density at radius 3 is 2.63 bits per heavy atom. The number of carbonyl (C=O) groups is 4. The molecule has 2 saturated heterocycles. The van der Waals surface area contributed by atoms with Crippen LogP contribution in [0, 0.1) is 5.41 Å². The molecular weight excluding hydrogens is 500 g/mol. The van der Waals surface area contributed by atoms with Crippen LogP contribution in [0.5, 0.6) is 5.75 Å². The van der Waals surface area contributed by atoms with Crippen molar-refractivity contribution in [3.63, 3.8) is 0 Å². The van der Waals surface area contributed by atoms with Crippen molar-refractivity contribution >= 4 is 52.9 Å². The second-order valence-electron chi connectivity index (χ2n) is 8.06. The summed E-state index contributed by atoms with van der Waals surface area (Å²) in [7, 11) is 0. The summed E-state index contributed by atoms with van der Waals surface area (Å²) < 4.78 is 1.18. The minimum Gasteiger partial charge on any atom is -0.508 e. The molecule has 3 heterocycles. The summed E-state index contributed by atoms with van der Waals surface area (Å²) in [6.45, 7) is -0.640. The summed E-state index contributed by atoms with van der Waals surface area (Å²) >= 11 is 2.31. The highest BCUT2D eigenvalue weighted by Crippen LogP contribution is 2.46. The van der Waals surface area contributed by atoms with Crippen molar-refractivity contribution in [3.8, 4) is 5.75 Å². The lowest BCUT2D eigenvalue weighted by Crippen LogP contribution is -2.75. The van der Waals surface area contributed by atoms with Crippen molar-refractivity contribution in [2.45, 2.75) is 23.1 Å². The first-order valence-corrected chi connectivity index (χ1v) is 12.3. The topological polar surface area (TPSA) is 211 Å².